The number of carbonyl (C=O) groups is 15. The molecule has 0 aromatic heterocycles. The number of rotatable bonds is 71. The molecule has 734 valence electrons. The van der Waals surface area contributed by atoms with Crippen LogP contribution >= 0.6 is 0 Å². The molecule has 0 saturated heterocycles. The Kier molecular flexibility index (Phi) is 61.9. The van der Waals surface area contributed by atoms with Crippen molar-refractivity contribution in [1.29, 1.82) is 0 Å². The van der Waals surface area contributed by atoms with Crippen LogP contribution in [0.5, 0.6) is 0 Å². The van der Waals surface area contributed by atoms with E-state index in [0.717, 1.165) is 0 Å². The molecular weight excluding hydrogens is 1630 g/mol. The monoisotopic (exact) mass is 1800 g/mol. The van der Waals surface area contributed by atoms with Gasteiger partial charge >= 0.3 is 5.97 Å². The van der Waals surface area contributed by atoms with Crippen LogP contribution in [-0.4, -0.2) is 224 Å². The molecule has 0 saturated carbocycles. The van der Waals surface area contributed by atoms with Crippen molar-refractivity contribution in [3.8, 4) is 0 Å². The molecule has 0 fully saturated rings. The first-order valence-corrected chi connectivity index (χ1v) is 47.1. The molecule has 0 aromatic rings. The van der Waals surface area contributed by atoms with Crippen LogP contribution in [-0.2, 0) is 71.9 Å². The summed E-state index contributed by atoms with van der Waals surface area (Å²) in [5.74, 6) is -12.6. The highest BCUT2D eigenvalue weighted by atomic mass is 16.4. The van der Waals surface area contributed by atoms with Gasteiger partial charge in [0, 0.05) is 0 Å². The van der Waals surface area contributed by atoms with Gasteiger partial charge in [0.15, 0.2) is 0 Å². The van der Waals surface area contributed by atoms with E-state index < -0.39 is 179 Å². The van der Waals surface area contributed by atoms with Crippen LogP contribution in [0.2, 0.25) is 0 Å². The highest BCUT2D eigenvalue weighted by Gasteiger charge is 2.40. The molecule has 0 aromatic carbocycles. The average molecular weight is 1810 g/mol. The SMILES string of the molecule is CC(C)C[C@H](NC(=O)[C@H](CC(C)C)NC(=O)[C@@H](CCCCN)NC(=O)[C@H](CC(C)C)NC(=O)[C@H](CC(C)C)NC(=O)[C@H](CCCCN)NC(=O)[C@@H](CCCCN)NC(=O)[C@@H](CC(C)C)NC(=O)[C@H](CC(C)C)NC(=O)[C@H](CCCCN)NC(=O)[C@H](CCCCN)NC(=O)[C@H](CC(C)C)NC(=O)[C@@H](CC(C)C)NC(=O)[C@H](CCCCN)NC(=O)[C@@H](N)CC(C)C)C(=O)O. The van der Waals surface area contributed by atoms with Gasteiger partial charge in [-0.2, -0.15) is 0 Å². The summed E-state index contributed by atoms with van der Waals surface area (Å²) in [6.07, 6.45) is 6.58. The van der Waals surface area contributed by atoms with E-state index in [0.29, 0.717) is 90.0 Å². The minimum Gasteiger partial charge on any atom is -0.480 e. The van der Waals surface area contributed by atoms with E-state index in [1.165, 1.54) is 0 Å². The second-order valence-electron chi connectivity index (χ2n) is 38.2. The number of hydrogen-bond donors (Lipinski definition) is 22. The minimum absolute atomic E-state index is 0.0212. The Labute approximate surface area is 758 Å². The fraction of sp³-hybridized carbons (Fsp3) is 0.833. The fourth-order valence-electron chi connectivity index (χ4n) is 14.6. The number of unbranched alkanes of at least 4 members (excludes halogenated alkanes) is 6. The van der Waals surface area contributed by atoms with E-state index in [-0.39, 0.29) is 176 Å². The maximum Gasteiger partial charge on any atom is 0.326 e. The van der Waals surface area contributed by atoms with Crippen molar-refractivity contribution in [1.82, 2.24) is 74.4 Å². The van der Waals surface area contributed by atoms with Gasteiger partial charge in [-0.25, -0.2) is 4.79 Å². The van der Waals surface area contributed by atoms with Crippen molar-refractivity contribution in [3.63, 3.8) is 0 Å². The Hall–Kier alpha value is -8.23. The van der Waals surface area contributed by atoms with Gasteiger partial charge in [0.25, 0.3) is 0 Å². The van der Waals surface area contributed by atoms with Gasteiger partial charge in [0.05, 0.1) is 6.04 Å². The van der Waals surface area contributed by atoms with Crippen LogP contribution in [0.3, 0.4) is 0 Å². The normalized spacial score (nSPS) is 15.3. The third-order valence-electron chi connectivity index (χ3n) is 21.2. The lowest BCUT2D eigenvalue weighted by atomic mass is 9.98. The summed E-state index contributed by atoms with van der Waals surface area (Å²) in [6, 6.07) is -18.4. The second-order valence-corrected chi connectivity index (χ2v) is 38.2. The van der Waals surface area contributed by atoms with Crippen LogP contribution in [0, 0.1) is 53.3 Å². The lowest BCUT2D eigenvalue weighted by Gasteiger charge is -2.30. The van der Waals surface area contributed by atoms with Crippen molar-refractivity contribution in [3.05, 3.63) is 0 Å². The van der Waals surface area contributed by atoms with E-state index in [9.17, 15) is 77.0 Å². The van der Waals surface area contributed by atoms with Crippen molar-refractivity contribution < 1.29 is 77.0 Å². The lowest BCUT2D eigenvalue weighted by molar-refractivity contribution is -0.143. The summed E-state index contributed by atoms with van der Waals surface area (Å²) in [6.45, 7) is 34.7. The number of hydrogen-bond acceptors (Lipinski definition) is 22. The molecule has 15 atom stereocenters. The van der Waals surface area contributed by atoms with Crippen molar-refractivity contribution in [2.75, 3.05) is 39.3 Å². The minimum atomic E-state index is -1.33. The molecule has 14 amide bonds. The number of nitrogens with two attached hydrogens (primary N) is 7. The van der Waals surface area contributed by atoms with E-state index in [4.69, 9.17) is 40.1 Å². The Morgan fingerprint density at radius 2 is 0.299 bits per heavy atom. The molecule has 37 heteroatoms. The van der Waals surface area contributed by atoms with Crippen LogP contribution < -0.4 is 115 Å². The predicted octanol–water partition coefficient (Wildman–Crippen LogP) is 2.37. The highest BCUT2D eigenvalue weighted by Crippen LogP contribution is 2.20. The summed E-state index contributed by atoms with van der Waals surface area (Å²) in [5, 5.41) is 49.2. The van der Waals surface area contributed by atoms with Crippen molar-refractivity contribution in [2.45, 2.75) is 389 Å². The first kappa shape index (κ1) is 119. The molecular formula is C90H173N21O16. The third kappa shape index (κ3) is 52.3. The number of carboxylic acids is 1. The maximum absolute atomic E-state index is 14.9. The molecule has 0 aliphatic heterocycles. The molecule has 0 rings (SSSR count). The van der Waals surface area contributed by atoms with Crippen LogP contribution in [0.25, 0.3) is 0 Å². The van der Waals surface area contributed by atoms with Gasteiger partial charge in [-0.3, -0.25) is 67.1 Å². The average Bonchev–Trinajstić information content (AvgIpc) is 0.850. The summed E-state index contributed by atoms with van der Waals surface area (Å²) in [7, 11) is 0. The Morgan fingerprint density at radius 3 is 0.433 bits per heavy atom. The van der Waals surface area contributed by atoms with E-state index in [1.807, 2.05) is 125 Å². The van der Waals surface area contributed by atoms with Crippen molar-refractivity contribution in [2.24, 2.45) is 93.4 Å². The topological polar surface area (TPSA) is 627 Å². The predicted molar refractivity (Wildman–Crippen MR) is 495 cm³/mol. The molecule has 0 heterocycles. The number of carboxylic acid groups (broad SMARTS) is 1. The zero-order valence-corrected chi connectivity index (χ0v) is 80.3. The summed E-state index contributed by atoms with van der Waals surface area (Å²) < 4.78 is 0. The number of amides is 14. The largest absolute Gasteiger partial charge is 0.480 e. The molecule has 0 bridgehead atoms. The van der Waals surface area contributed by atoms with E-state index >= 15 is 0 Å². The first-order chi connectivity index (χ1) is 59.7. The molecule has 0 unspecified atom stereocenters. The number of nitrogens with one attached hydrogen (secondary N) is 14. The molecule has 0 radical (unpaired) electrons. The van der Waals surface area contributed by atoms with E-state index in [1.54, 1.807) is 0 Å². The van der Waals surface area contributed by atoms with Gasteiger partial charge in [-0.15, -0.1) is 0 Å². The molecule has 0 aliphatic rings. The summed E-state index contributed by atoms with van der Waals surface area (Å²) >= 11 is 0. The Balaban J connectivity index is 7.47. The van der Waals surface area contributed by atoms with Gasteiger partial charge < -0.3 is 120 Å². The zero-order chi connectivity index (χ0) is 96.8. The lowest BCUT2D eigenvalue weighted by Crippen LogP contribution is -2.61. The van der Waals surface area contributed by atoms with Gasteiger partial charge in [-0.05, 0) is 266 Å². The first-order valence-electron chi connectivity index (χ1n) is 47.1. The van der Waals surface area contributed by atoms with Gasteiger partial charge in [0.1, 0.15) is 84.6 Å². The standard InChI is InChI=1S/C90H173N21O16/c1-52(2)43-61(97)76(112)98-62(31-19-25-37-91)79(115)104-71(47-56(9)10)86(122)108-68(44-53(3)4)83(119)101-63(32-20-26-38-92)77(113)99-65(34-22-28-40-94)80(116)105-72(48-57(11)12)87(123)109-69(45-54(5)6)84(120)102-64(33-21-27-39-93)78(114)100-66(35-23-29-41-95)81(117)106-73(49-58(13)14)88(124)110-70(46-55(7)8)85(121)103-67(36-24-30-42-96)82(118)107-74(50-59(15)16)89(125)111-75(90(126)127)51-60(17)18/h52-75H,19-51,91-97H2,1-18H3,(H,98,112)(H,99,113)(H,100,114)(H,101,119)(H,102,120)(H,103,121)(H,104,115)(H,105,116)(H,106,117)(H,107,118)(H,108,122)(H,109,123)(H,110,124)(H,111,125)(H,126,127)/t61-,62-,63-,64+,65-,66-,67+,68-,69+,70-,71+,72-,73-,74-,75-/m0/s1. The van der Waals surface area contributed by atoms with Crippen molar-refractivity contribution >= 4 is 88.7 Å². The fourth-order valence-corrected chi connectivity index (χ4v) is 14.6. The van der Waals surface area contributed by atoms with E-state index in [2.05, 4.69) is 74.4 Å². The molecule has 0 aliphatic carbocycles. The summed E-state index contributed by atoms with van der Waals surface area (Å²) in [5.41, 5.74) is 41.6. The Bertz CT molecular complexity index is 3280. The molecule has 37 nitrogen and oxygen atoms in total. The molecule has 29 N–H and O–H groups in total. The quantitative estimate of drug-likeness (QED) is 0.0389. The second kappa shape index (κ2) is 66.2. The maximum atomic E-state index is 14.9. The van der Waals surface area contributed by atoms with Crippen LogP contribution in [0.15, 0.2) is 0 Å². The van der Waals surface area contributed by atoms with Gasteiger partial charge in [-0.1, -0.05) is 125 Å². The zero-order valence-electron chi connectivity index (χ0n) is 80.3. The summed E-state index contributed by atoms with van der Waals surface area (Å²) in [4.78, 5) is 215. The van der Waals surface area contributed by atoms with Crippen LogP contribution in [0.4, 0.5) is 0 Å². The smallest absolute Gasteiger partial charge is 0.326 e. The van der Waals surface area contributed by atoms with Gasteiger partial charge in [0.2, 0.25) is 82.7 Å². The highest BCUT2D eigenvalue weighted by molar-refractivity contribution is 6.00. The molecule has 127 heavy (non-hydrogen) atoms. The molecule has 0 spiro atoms. The van der Waals surface area contributed by atoms with Crippen LogP contribution in [0.1, 0.15) is 298 Å². The number of carbonyl (C=O) groups excluding carboxylic acids is 14. The number of aliphatic carboxylic acids is 1. The third-order valence-corrected chi connectivity index (χ3v) is 21.2. The Morgan fingerprint density at radius 1 is 0.181 bits per heavy atom.